The van der Waals surface area contributed by atoms with E-state index >= 15 is 0 Å². The smallest absolute Gasteiger partial charge is 0.228 e. The summed E-state index contributed by atoms with van der Waals surface area (Å²) in [5, 5.41) is 4.32. The standard InChI is InChI=1S/C24H27N3O2S/c28-24(25-19-11-9-17(10-12-19)21-7-4-14-29-21)18-5-3-13-27(15-18)16-23-26-20-6-1-2-8-22(20)30-23/h4,7,9-12,14,18H,1-3,5-6,8,13,15-16H2,(H,25,28). The van der Waals surface area contributed by atoms with E-state index in [4.69, 9.17) is 9.40 Å². The summed E-state index contributed by atoms with van der Waals surface area (Å²) >= 11 is 1.88. The van der Waals surface area contributed by atoms with Gasteiger partial charge in [-0.05, 0) is 81.5 Å². The van der Waals surface area contributed by atoms with Gasteiger partial charge in [-0.25, -0.2) is 4.98 Å². The third-order valence-electron chi connectivity index (χ3n) is 6.08. The number of thiazole rings is 1. The number of hydrogen-bond donors (Lipinski definition) is 1. The predicted octanol–water partition coefficient (Wildman–Crippen LogP) is 5.13. The summed E-state index contributed by atoms with van der Waals surface area (Å²) in [5.41, 5.74) is 3.17. The van der Waals surface area contributed by atoms with E-state index in [1.807, 2.05) is 47.7 Å². The summed E-state index contributed by atoms with van der Waals surface area (Å²) < 4.78 is 5.43. The monoisotopic (exact) mass is 421 g/mol. The minimum absolute atomic E-state index is 0.0260. The zero-order valence-corrected chi connectivity index (χ0v) is 17.9. The first-order valence-corrected chi connectivity index (χ1v) is 11.7. The molecule has 5 rings (SSSR count). The van der Waals surface area contributed by atoms with Crippen LogP contribution in [0.1, 0.15) is 41.3 Å². The van der Waals surface area contributed by atoms with Crippen molar-refractivity contribution in [3.8, 4) is 11.3 Å². The molecule has 1 atom stereocenters. The Bertz CT molecular complexity index is 971. The van der Waals surface area contributed by atoms with Crippen molar-refractivity contribution in [2.75, 3.05) is 18.4 Å². The van der Waals surface area contributed by atoms with Crippen molar-refractivity contribution in [3.63, 3.8) is 0 Å². The molecule has 1 amide bonds. The number of furan rings is 1. The second kappa shape index (κ2) is 8.74. The van der Waals surface area contributed by atoms with Crippen molar-refractivity contribution < 1.29 is 9.21 Å². The summed E-state index contributed by atoms with van der Waals surface area (Å²) in [6.45, 7) is 2.73. The first-order valence-electron chi connectivity index (χ1n) is 10.9. The molecule has 3 heterocycles. The van der Waals surface area contributed by atoms with Crippen molar-refractivity contribution in [3.05, 3.63) is 58.2 Å². The van der Waals surface area contributed by atoms with Crippen LogP contribution in [-0.4, -0.2) is 28.9 Å². The lowest BCUT2D eigenvalue weighted by atomic mass is 9.97. The molecule has 0 spiro atoms. The highest BCUT2D eigenvalue weighted by Crippen LogP contribution is 2.29. The molecule has 1 unspecified atom stereocenters. The van der Waals surface area contributed by atoms with E-state index in [0.717, 1.165) is 55.9 Å². The lowest BCUT2D eigenvalue weighted by molar-refractivity contribution is -0.121. The number of hydrogen-bond acceptors (Lipinski definition) is 5. The van der Waals surface area contributed by atoms with Crippen molar-refractivity contribution >= 4 is 22.9 Å². The van der Waals surface area contributed by atoms with Crippen LogP contribution in [0.5, 0.6) is 0 Å². The van der Waals surface area contributed by atoms with Crippen LogP contribution >= 0.6 is 11.3 Å². The number of nitrogens with one attached hydrogen (secondary N) is 1. The molecule has 2 aromatic heterocycles. The number of amides is 1. The van der Waals surface area contributed by atoms with Crippen LogP contribution in [0.25, 0.3) is 11.3 Å². The van der Waals surface area contributed by atoms with Crippen molar-refractivity contribution in [1.82, 2.24) is 9.88 Å². The van der Waals surface area contributed by atoms with Gasteiger partial charge in [-0.3, -0.25) is 9.69 Å². The topological polar surface area (TPSA) is 58.4 Å². The van der Waals surface area contributed by atoms with Crippen LogP contribution in [0.4, 0.5) is 5.69 Å². The molecule has 2 aliphatic rings. The Morgan fingerprint density at radius 1 is 1.17 bits per heavy atom. The Labute approximate surface area is 181 Å². The van der Waals surface area contributed by atoms with Crippen LogP contribution in [0, 0.1) is 5.92 Å². The third kappa shape index (κ3) is 4.35. The van der Waals surface area contributed by atoms with Crippen LogP contribution < -0.4 is 5.32 Å². The number of anilines is 1. The largest absolute Gasteiger partial charge is 0.464 e. The number of fused-ring (bicyclic) bond motifs is 1. The predicted molar refractivity (Wildman–Crippen MR) is 120 cm³/mol. The summed E-state index contributed by atoms with van der Waals surface area (Å²) in [6.07, 6.45) is 8.56. The lowest BCUT2D eigenvalue weighted by Gasteiger charge is -2.31. The molecular weight excluding hydrogens is 394 g/mol. The third-order valence-corrected chi connectivity index (χ3v) is 7.23. The maximum Gasteiger partial charge on any atom is 0.228 e. The number of rotatable bonds is 5. The molecule has 1 fully saturated rings. The van der Waals surface area contributed by atoms with E-state index in [1.165, 1.54) is 34.8 Å². The van der Waals surface area contributed by atoms with Gasteiger partial charge in [-0.2, -0.15) is 0 Å². The first kappa shape index (κ1) is 19.5. The Morgan fingerprint density at radius 2 is 2.03 bits per heavy atom. The molecule has 1 aliphatic heterocycles. The highest BCUT2D eigenvalue weighted by molar-refractivity contribution is 7.11. The molecule has 5 nitrogen and oxygen atoms in total. The Hall–Kier alpha value is -2.44. The number of likely N-dealkylation sites (tertiary alicyclic amines) is 1. The number of carbonyl (C=O) groups is 1. The second-order valence-electron chi connectivity index (χ2n) is 8.30. The van der Waals surface area contributed by atoms with E-state index in [-0.39, 0.29) is 11.8 Å². The molecule has 0 bridgehead atoms. The van der Waals surface area contributed by atoms with Crippen LogP contribution in [-0.2, 0) is 24.2 Å². The van der Waals surface area contributed by atoms with E-state index in [1.54, 1.807) is 6.26 Å². The van der Waals surface area contributed by atoms with Gasteiger partial charge >= 0.3 is 0 Å². The minimum atomic E-state index is 0.0260. The van der Waals surface area contributed by atoms with Crippen molar-refractivity contribution in [2.24, 2.45) is 5.92 Å². The fourth-order valence-electron chi connectivity index (χ4n) is 4.48. The van der Waals surface area contributed by atoms with Gasteiger partial charge in [-0.1, -0.05) is 0 Å². The van der Waals surface area contributed by atoms with Gasteiger partial charge in [0.15, 0.2) is 0 Å². The van der Waals surface area contributed by atoms with Crippen molar-refractivity contribution in [2.45, 2.75) is 45.1 Å². The van der Waals surface area contributed by atoms with Crippen LogP contribution in [0.2, 0.25) is 0 Å². The van der Waals surface area contributed by atoms with E-state index in [9.17, 15) is 4.79 Å². The van der Waals surface area contributed by atoms with E-state index in [2.05, 4.69) is 10.2 Å². The van der Waals surface area contributed by atoms with Gasteiger partial charge in [0, 0.05) is 22.7 Å². The summed E-state index contributed by atoms with van der Waals surface area (Å²) in [4.78, 5) is 21.6. The van der Waals surface area contributed by atoms with Gasteiger partial charge < -0.3 is 9.73 Å². The van der Waals surface area contributed by atoms with Gasteiger partial charge in [0.05, 0.1) is 24.4 Å². The quantitative estimate of drug-likeness (QED) is 0.620. The van der Waals surface area contributed by atoms with Crippen molar-refractivity contribution in [1.29, 1.82) is 0 Å². The normalized spacial score (nSPS) is 19.4. The SMILES string of the molecule is O=C(Nc1ccc(-c2ccco2)cc1)C1CCCN(Cc2nc3c(s2)CCCC3)C1. The average Bonchev–Trinajstić information content (AvgIpc) is 3.44. The minimum Gasteiger partial charge on any atom is -0.464 e. The number of aromatic nitrogens is 1. The molecule has 6 heteroatoms. The second-order valence-corrected chi connectivity index (χ2v) is 9.47. The highest BCUT2D eigenvalue weighted by atomic mass is 32.1. The molecule has 1 aliphatic carbocycles. The molecular formula is C24H27N3O2S. The van der Waals surface area contributed by atoms with Gasteiger partial charge in [0.25, 0.3) is 0 Å². The van der Waals surface area contributed by atoms with Crippen LogP contribution in [0.15, 0.2) is 47.1 Å². The molecule has 0 radical (unpaired) electrons. The summed E-state index contributed by atoms with van der Waals surface area (Å²) in [5.74, 6) is 0.974. The summed E-state index contributed by atoms with van der Waals surface area (Å²) in [7, 11) is 0. The molecule has 1 N–H and O–H groups in total. The zero-order chi connectivity index (χ0) is 20.3. The van der Waals surface area contributed by atoms with Crippen LogP contribution in [0.3, 0.4) is 0 Å². The molecule has 0 saturated carbocycles. The Morgan fingerprint density at radius 3 is 2.83 bits per heavy atom. The number of piperidine rings is 1. The number of benzene rings is 1. The maximum absolute atomic E-state index is 12.9. The molecule has 1 aromatic carbocycles. The number of carbonyl (C=O) groups excluding carboxylic acids is 1. The van der Waals surface area contributed by atoms with E-state index in [0.29, 0.717) is 0 Å². The zero-order valence-electron chi connectivity index (χ0n) is 17.1. The number of aryl methyl sites for hydroxylation is 2. The van der Waals surface area contributed by atoms with E-state index < -0.39 is 0 Å². The fourth-order valence-corrected chi connectivity index (χ4v) is 5.68. The fraction of sp³-hybridized carbons (Fsp3) is 0.417. The maximum atomic E-state index is 12.9. The summed E-state index contributed by atoms with van der Waals surface area (Å²) in [6, 6.07) is 11.6. The molecule has 3 aromatic rings. The average molecular weight is 422 g/mol. The van der Waals surface area contributed by atoms with Gasteiger partial charge in [0.2, 0.25) is 5.91 Å². The Balaban J connectivity index is 1.18. The highest BCUT2D eigenvalue weighted by Gasteiger charge is 2.27. The Kier molecular flexibility index (Phi) is 5.69. The first-order chi connectivity index (χ1) is 14.7. The van der Waals surface area contributed by atoms with Gasteiger partial charge in [-0.15, -0.1) is 11.3 Å². The number of nitrogens with zero attached hydrogens (tertiary/aromatic N) is 2. The molecule has 156 valence electrons. The lowest BCUT2D eigenvalue weighted by Crippen LogP contribution is -2.40. The van der Waals surface area contributed by atoms with Gasteiger partial charge in [0.1, 0.15) is 10.8 Å². The molecule has 1 saturated heterocycles. The molecule has 30 heavy (non-hydrogen) atoms.